The average molecular weight is 200 g/mol. The van der Waals surface area contributed by atoms with Gasteiger partial charge >= 0.3 is 0 Å². The first kappa shape index (κ1) is 10.5. The highest BCUT2D eigenvalue weighted by atomic mass is 35.5. The molecule has 0 aliphatic rings. The number of aliphatic hydroxyl groups is 1. The highest BCUT2D eigenvalue weighted by Crippen LogP contribution is 2.21. The topological polar surface area (TPSA) is 32.3 Å². The maximum atomic E-state index is 8.64. The summed E-state index contributed by atoms with van der Waals surface area (Å²) in [7, 11) is 0. The van der Waals surface area contributed by atoms with Crippen LogP contribution in [0.4, 0.5) is 0 Å². The van der Waals surface area contributed by atoms with Crippen molar-refractivity contribution in [1.29, 1.82) is 0 Å². The summed E-state index contributed by atoms with van der Waals surface area (Å²) in [5.74, 6) is 0. The minimum absolute atomic E-state index is 0.148. The van der Waals surface area contributed by atoms with Crippen molar-refractivity contribution in [3.05, 3.63) is 34.9 Å². The van der Waals surface area contributed by atoms with Crippen LogP contribution in [0, 0.1) is 0 Å². The van der Waals surface area contributed by atoms with Crippen LogP contribution in [0.2, 0.25) is 5.02 Å². The lowest BCUT2D eigenvalue weighted by Gasteiger charge is -2.14. The zero-order valence-electron chi connectivity index (χ0n) is 7.63. The van der Waals surface area contributed by atoms with Crippen molar-refractivity contribution in [3.63, 3.8) is 0 Å². The van der Waals surface area contributed by atoms with Crippen LogP contribution in [0.5, 0.6) is 0 Å². The van der Waals surface area contributed by atoms with Gasteiger partial charge in [-0.15, -0.1) is 0 Å². The Morgan fingerprint density at radius 1 is 1.46 bits per heavy atom. The Kier molecular flexibility index (Phi) is 4.22. The first-order valence-corrected chi connectivity index (χ1v) is 4.72. The van der Waals surface area contributed by atoms with Gasteiger partial charge in [-0.05, 0) is 18.6 Å². The van der Waals surface area contributed by atoms with Crippen molar-refractivity contribution in [2.45, 2.75) is 13.0 Å². The van der Waals surface area contributed by atoms with Gasteiger partial charge in [-0.2, -0.15) is 0 Å². The molecular weight excluding hydrogens is 186 g/mol. The molecule has 0 saturated carbocycles. The van der Waals surface area contributed by atoms with E-state index in [2.05, 4.69) is 5.32 Å². The molecule has 0 amide bonds. The molecule has 0 aliphatic carbocycles. The molecule has 3 heteroatoms. The van der Waals surface area contributed by atoms with Crippen LogP contribution in [-0.4, -0.2) is 18.3 Å². The molecule has 0 aromatic heterocycles. The molecule has 0 aliphatic heterocycles. The first-order valence-electron chi connectivity index (χ1n) is 4.34. The van der Waals surface area contributed by atoms with Gasteiger partial charge in [0.05, 0.1) is 6.61 Å². The standard InChI is InChI=1S/C10H14ClNO/c1-8(12-6-7-13)9-4-2-3-5-10(9)11/h2-5,8,12-13H,6-7H2,1H3/t8-/m0/s1. The molecule has 0 bridgehead atoms. The highest BCUT2D eigenvalue weighted by molar-refractivity contribution is 6.31. The Bertz CT molecular complexity index is 265. The quantitative estimate of drug-likeness (QED) is 0.778. The van der Waals surface area contributed by atoms with E-state index in [1.807, 2.05) is 31.2 Å². The van der Waals surface area contributed by atoms with E-state index in [1.165, 1.54) is 0 Å². The Hall–Kier alpha value is -0.570. The average Bonchev–Trinajstić information content (AvgIpc) is 2.15. The van der Waals surface area contributed by atoms with E-state index in [9.17, 15) is 0 Å². The maximum absolute atomic E-state index is 8.64. The summed E-state index contributed by atoms with van der Waals surface area (Å²) in [6.45, 7) is 2.76. The first-order chi connectivity index (χ1) is 6.25. The summed E-state index contributed by atoms with van der Waals surface area (Å²) in [6.07, 6.45) is 0. The molecule has 0 spiro atoms. The predicted octanol–water partition coefficient (Wildman–Crippen LogP) is 1.98. The summed E-state index contributed by atoms with van der Waals surface area (Å²) in [6, 6.07) is 7.90. The van der Waals surface area contributed by atoms with Gasteiger partial charge in [0.15, 0.2) is 0 Å². The second-order valence-corrected chi connectivity index (χ2v) is 3.33. The van der Waals surface area contributed by atoms with Gasteiger partial charge < -0.3 is 10.4 Å². The number of hydrogen-bond donors (Lipinski definition) is 2. The van der Waals surface area contributed by atoms with Gasteiger partial charge in [0.2, 0.25) is 0 Å². The van der Waals surface area contributed by atoms with Crippen LogP contribution in [0.25, 0.3) is 0 Å². The van der Waals surface area contributed by atoms with E-state index < -0.39 is 0 Å². The van der Waals surface area contributed by atoms with E-state index in [-0.39, 0.29) is 12.6 Å². The molecule has 0 saturated heterocycles. The third kappa shape index (κ3) is 2.99. The molecule has 1 atom stereocenters. The molecule has 2 N–H and O–H groups in total. The normalized spacial score (nSPS) is 12.8. The molecule has 2 nitrogen and oxygen atoms in total. The van der Waals surface area contributed by atoms with Crippen LogP contribution < -0.4 is 5.32 Å². The molecular formula is C10H14ClNO. The lowest BCUT2D eigenvalue weighted by atomic mass is 10.1. The van der Waals surface area contributed by atoms with Crippen LogP contribution in [0.1, 0.15) is 18.5 Å². The summed E-state index contributed by atoms with van der Waals surface area (Å²) >= 11 is 6.00. The van der Waals surface area contributed by atoms with Crippen molar-refractivity contribution >= 4 is 11.6 Å². The molecule has 1 aromatic rings. The van der Waals surface area contributed by atoms with E-state index >= 15 is 0 Å². The maximum Gasteiger partial charge on any atom is 0.0556 e. The second kappa shape index (κ2) is 5.22. The number of nitrogens with one attached hydrogen (secondary N) is 1. The molecule has 0 fully saturated rings. The summed E-state index contributed by atoms with van der Waals surface area (Å²) in [4.78, 5) is 0. The summed E-state index contributed by atoms with van der Waals surface area (Å²) < 4.78 is 0. The van der Waals surface area contributed by atoms with Gasteiger partial charge in [0, 0.05) is 17.6 Å². The largest absolute Gasteiger partial charge is 0.395 e. The Morgan fingerprint density at radius 2 is 2.15 bits per heavy atom. The number of rotatable bonds is 4. The molecule has 72 valence electrons. The zero-order valence-corrected chi connectivity index (χ0v) is 8.38. The van der Waals surface area contributed by atoms with E-state index in [4.69, 9.17) is 16.7 Å². The van der Waals surface area contributed by atoms with Crippen molar-refractivity contribution in [1.82, 2.24) is 5.32 Å². The van der Waals surface area contributed by atoms with Crippen molar-refractivity contribution < 1.29 is 5.11 Å². The third-order valence-electron chi connectivity index (χ3n) is 1.93. The van der Waals surface area contributed by atoms with E-state index in [0.717, 1.165) is 10.6 Å². The summed E-state index contributed by atoms with van der Waals surface area (Å²) in [5.41, 5.74) is 1.07. The van der Waals surface area contributed by atoms with Crippen LogP contribution in [0.3, 0.4) is 0 Å². The molecule has 0 radical (unpaired) electrons. The molecule has 0 heterocycles. The molecule has 0 unspecified atom stereocenters. The Balaban J connectivity index is 2.65. The van der Waals surface area contributed by atoms with Gasteiger partial charge in [0.25, 0.3) is 0 Å². The Labute approximate surface area is 83.5 Å². The second-order valence-electron chi connectivity index (χ2n) is 2.92. The lowest BCUT2D eigenvalue weighted by Crippen LogP contribution is -2.22. The smallest absolute Gasteiger partial charge is 0.0556 e. The van der Waals surface area contributed by atoms with Crippen LogP contribution in [-0.2, 0) is 0 Å². The fraction of sp³-hybridized carbons (Fsp3) is 0.400. The van der Waals surface area contributed by atoms with Gasteiger partial charge in [-0.1, -0.05) is 29.8 Å². The van der Waals surface area contributed by atoms with Crippen molar-refractivity contribution in [2.75, 3.05) is 13.2 Å². The van der Waals surface area contributed by atoms with Gasteiger partial charge in [-0.3, -0.25) is 0 Å². The van der Waals surface area contributed by atoms with E-state index in [0.29, 0.717) is 6.54 Å². The highest BCUT2D eigenvalue weighted by Gasteiger charge is 2.06. The van der Waals surface area contributed by atoms with Gasteiger partial charge in [0.1, 0.15) is 0 Å². The van der Waals surface area contributed by atoms with Crippen molar-refractivity contribution in [2.24, 2.45) is 0 Å². The fourth-order valence-corrected chi connectivity index (χ4v) is 1.52. The predicted molar refractivity (Wildman–Crippen MR) is 55.0 cm³/mol. The van der Waals surface area contributed by atoms with Crippen LogP contribution in [0.15, 0.2) is 24.3 Å². The fourth-order valence-electron chi connectivity index (χ4n) is 1.22. The number of halogens is 1. The SMILES string of the molecule is C[C@H](NCCO)c1ccccc1Cl. The number of benzene rings is 1. The van der Waals surface area contributed by atoms with Crippen molar-refractivity contribution in [3.8, 4) is 0 Å². The number of aliphatic hydroxyl groups excluding tert-OH is 1. The van der Waals surface area contributed by atoms with Crippen LogP contribution >= 0.6 is 11.6 Å². The minimum atomic E-state index is 0.148. The summed E-state index contributed by atoms with van der Waals surface area (Å²) in [5, 5.41) is 12.6. The molecule has 1 aromatic carbocycles. The monoisotopic (exact) mass is 199 g/mol. The molecule has 13 heavy (non-hydrogen) atoms. The number of hydrogen-bond acceptors (Lipinski definition) is 2. The molecule has 1 rings (SSSR count). The third-order valence-corrected chi connectivity index (χ3v) is 2.28. The zero-order chi connectivity index (χ0) is 9.68. The lowest BCUT2D eigenvalue weighted by molar-refractivity contribution is 0.286. The van der Waals surface area contributed by atoms with E-state index in [1.54, 1.807) is 0 Å². The minimum Gasteiger partial charge on any atom is -0.395 e. The van der Waals surface area contributed by atoms with Gasteiger partial charge in [-0.25, -0.2) is 0 Å². The Morgan fingerprint density at radius 3 is 2.77 bits per heavy atom.